The molecule has 0 spiro atoms. The van der Waals surface area contributed by atoms with Crippen molar-refractivity contribution in [2.75, 3.05) is 27.7 Å². The molecule has 0 heterocycles. The van der Waals surface area contributed by atoms with E-state index < -0.39 is 12.1 Å². The third-order valence-electron chi connectivity index (χ3n) is 1.39. The first-order valence-corrected chi connectivity index (χ1v) is 3.94. The number of quaternary nitrogens is 1. The smallest absolute Gasteiger partial charge is 0.293 e. The molecule has 5 nitrogen and oxygen atoms in total. The lowest BCUT2D eigenvalue weighted by Gasteiger charge is -2.28. The van der Waals surface area contributed by atoms with Gasteiger partial charge < -0.3 is 19.1 Å². The minimum atomic E-state index is -1.21. The van der Waals surface area contributed by atoms with Gasteiger partial charge in [0, 0.05) is 12.4 Å². The zero-order valence-electron chi connectivity index (χ0n) is 8.15. The summed E-state index contributed by atoms with van der Waals surface area (Å²) in [6, 6.07) is 0. The Morgan fingerprint density at radius 3 is 2.38 bits per heavy atom. The number of rotatable bonds is 6. The standard InChI is InChI=1S/C8H15NO4/c1-9(2,3)5-7(13-6-10)4-8(11)12/h6-7H,4-5H2,1-3H3. The fraction of sp³-hybridized carbons (Fsp3) is 0.750. The minimum Gasteiger partial charge on any atom is -0.550 e. The lowest BCUT2D eigenvalue weighted by Crippen LogP contribution is -2.44. The number of carboxylic acids is 1. The predicted molar refractivity (Wildman–Crippen MR) is 43.5 cm³/mol. The van der Waals surface area contributed by atoms with E-state index in [0.29, 0.717) is 11.0 Å². The van der Waals surface area contributed by atoms with Gasteiger partial charge in [0.2, 0.25) is 0 Å². The number of ether oxygens (including phenoxy) is 1. The van der Waals surface area contributed by atoms with Gasteiger partial charge in [-0.3, -0.25) is 4.79 Å². The van der Waals surface area contributed by atoms with Crippen molar-refractivity contribution >= 4 is 12.4 Å². The van der Waals surface area contributed by atoms with Crippen LogP contribution in [0.3, 0.4) is 0 Å². The maximum Gasteiger partial charge on any atom is 0.293 e. The molecular formula is C8H15NO4. The molecule has 0 aliphatic carbocycles. The van der Waals surface area contributed by atoms with Crippen LogP contribution in [0, 0.1) is 0 Å². The van der Waals surface area contributed by atoms with Crippen LogP contribution in [0.15, 0.2) is 0 Å². The Morgan fingerprint density at radius 1 is 1.54 bits per heavy atom. The molecule has 0 aliphatic heterocycles. The molecule has 0 amide bonds. The molecule has 0 bridgehead atoms. The average Bonchev–Trinajstić information content (AvgIpc) is 1.81. The van der Waals surface area contributed by atoms with Crippen LogP contribution < -0.4 is 5.11 Å². The Balaban J connectivity index is 4.09. The zero-order chi connectivity index (χ0) is 10.5. The molecule has 76 valence electrons. The number of carboxylic acid groups (broad SMARTS) is 1. The molecule has 0 saturated carbocycles. The highest BCUT2D eigenvalue weighted by Gasteiger charge is 2.19. The van der Waals surface area contributed by atoms with Gasteiger partial charge in [-0.1, -0.05) is 0 Å². The quantitative estimate of drug-likeness (QED) is 0.372. The summed E-state index contributed by atoms with van der Waals surface area (Å²) in [7, 11) is 5.66. The van der Waals surface area contributed by atoms with Crippen LogP contribution in [0.4, 0.5) is 0 Å². The van der Waals surface area contributed by atoms with E-state index in [-0.39, 0.29) is 12.9 Å². The summed E-state index contributed by atoms with van der Waals surface area (Å²) >= 11 is 0. The van der Waals surface area contributed by atoms with Gasteiger partial charge in [0.25, 0.3) is 6.47 Å². The Labute approximate surface area is 77.5 Å². The summed E-state index contributed by atoms with van der Waals surface area (Å²) in [6.45, 7) is 0.718. The van der Waals surface area contributed by atoms with Crippen molar-refractivity contribution in [1.29, 1.82) is 0 Å². The van der Waals surface area contributed by atoms with E-state index in [4.69, 9.17) is 0 Å². The van der Waals surface area contributed by atoms with Crippen molar-refractivity contribution in [1.82, 2.24) is 0 Å². The van der Waals surface area contributed by atoms with Gasteiger partial charge in [-0.2, -0.15) is 0 Å². The average molecular weight is 189 g/mol. The van der Waals surface area contributed by atoms with Crippen LogP contribution in [-0.4, -0.2) is 50.7 Å². The maximum atomic E-state index is 10.3. The van der Waals surface area contributed by atoms with Crippen LogP contribution in [0.25, 0.3) is 0 Å². The van der Waals surface area contributed by atoms with Crippen LogP contribution >= 0.6 is 0 Å². The fourth-order valence-electron chi connectivity index (χ4n) is 1.03. The third-order valence-corrected chi connectivity index (χ3v) is 1.39. The van der Waals surface area contributed by atoms with E-state index in [1.807, 2.05) is 21.1 Å². The SMILES string of the molecule is C[N+](C)(C)CC(CC(=O)[O-])OC=O. The second-order valence-electron chi connectivity index (χ2n) is 3.90. The van der Waals surface area contributed by atoms with Gasteiger partial charge in [-0.25, -0.2) is 0 Å². The topological polar surface area (TPSA) is 66.4 Å². The molecule has 0 N–H and O–H groups in total. The molecule has 0 rings (SSSR count). The van der Waals surface area contributed by atoms with Crippen molar-refractivity contribution in [3.05, 3.63) is 0 Å². The molecule has 5 heteroatoms. The van der Waals surface area contributed by atoms with Crippen molar-refractivity contribution in [3.63, 3.8) is 0 Å². The Hall–Kier alpha value is -1.10. The minimum absolute atomic E-state index is 0.256. The summed E-state index contributed by atoms with van der Waals surface area (Å²) in [5.74, 6) is -1.21. The molecule has 1 atom stereocenters. The fourth-order valence-corrected chi connectivity index (χ4v) is 1.03. The van der Waals surface area contributed by atoms with E-state index in [1.165, 1.54) is 0 Å². The summed E-state index contributed by atoms with van der Waals surface area (Å²) in [5, 5.41) is 10.3. The van der Waals surface area contributed by atoms with Gasteiger partial charge in [0.05, 0.1) is 21.1 Å². The van der Waals surface area contributed by atoms with Gasteiger partial charge in [-0.05, 0) is 0 Å². The predicted octanol–water partition coefficient (Wildman–Crippen LogP) is -1.63. The van der Waals surface area contributed by atoms with Crippen LogP contribution in [0.2, 0.25) is 0 Å². The van der Waals surface area contributed by atoms with Crippen molar-refractivity contribution in [2.45, 2.75) is 12.5 Å². The number of hydrogen-bond acceptors (Lipinski definition) is 4. The number of carbonyl (C=O) groups excluding carboxylic acids is 2. The summed E-state index contributed by atoms with van der Waals surface area (Å²) in [4.78, 5) is 20.3. The van der Waals surface area contributed by atoms with E-state index in [9.17, 15) is 14.7 Å². The van der Waals surface area contributed by atoms with E-state index in [0.717, 1.165) is 0 Å². The molecule has 0 aromatic heterocycles. The summed E-state index contributed by atoms with van der Waals surface area (Å²) in [5.41, 5.74) is 0. The summed E-state index contributed by atoms with van der Waals surface area (Å²) in [6.07, 6.45) is -0.864. The normalized spacial score (nSPS) is 13.5. The number of aliphatic carboxylic acids is 1. The first-order chi connectivity index (χ1) is 5.85. The molecule has 1 unspecified atom stereocenters. The highest BCUT2D eigenvalue weighted by atomic mass is 16.5. The van der Waals surface area contributed by atoms with Crippen molar-refractivity contribution in [3.8, 4) is 0 Å². The first-order valence-electron chi connectivity index (χ1n) is 3.94. The molecule has 0 aromatic rings. The second-order valence-corrected chi connectivity index (χ2v) is 3.90. The highest BCUT2D eigenvalue weighted by Crippen LogP contribution is 2.02. The Bertz CT molecular complexity index is 185. The van der Waals surface area contributed by atoms with Gasteiger partial charge >= 0.3 is 0 Å². The molecule has 0 saturated heterocycles. The maximum absolute atomic E-state index is 10.3. The second kappa shape index (κ2) is 4.81. The number of carbonyl (C=O) groups is 2. The molecule has 0 radical (unpaired) electrons. The number of nitrogens with zero attached hydrogens (tertiary/aromatic N) is 1. The first kappa shape index (κ1) is 11.9. The summed E-state index contributed by atoms with van der Waals surface area (Å²) < 4.78 is 5.15. The molecule has 0 aromatic carbocycles. The van der Waals surface area contributed by atoms with E-state index in [2.05, 4.69) is 4.74 Å². The van der Waals surface area contributed by atoms with Gasteiger partial charge in [0.15, 0.2) is 6.10 Å². The van der Waals surface area contributed by atoms with Gasteiger partial charge in [0.1, 0.15) is 6.54 Å². The van der Waals surface area contributed by atoms with Crippen molar-refractivity contribution in [2.24, 2.45) is 0 Å². The molecular weight excluding hydrogens is 174 g/mol. The third kappa shape index (κ3) is 7.27. The molecule has 0 fully saturated rings. The highest BCUT2D eigenvalue weighted by molar-refractivity contribution is 5.65. The number of hydrogen-bond donors (Lipinski definition) is 0. The number of likely N-dealkylation sites (N-methyl/N-ethyl adjacent to an activating group) is 1. The van der Waals surface area contributed by atoms with E-state index in [1.54, 1.807) is 0 Å². The zero-order valence-corrected chi connectivity index (χ0v) is 8.15. The van der Waals surface area contributed by atoms with E-state index >= 15 is 0 Å². The lowest BCUT2D eigenvalue weighted by molar-refractivity contribution is -0.873. The van der Waals surface area contributed by atoms with Gasteiger partial charge in [-0.15, -0.1) is 0 Å². The van der Waals surface area contributed by atoms with Crippen LogP contribution in [0.5, 0.6) is 0 Å². The Kier molecular flexibility index (Phi) is 4.40. The Morgan fingerprint density at radius 2 is 2.08 bits per heavy atom. The van der Waals surface area contributed by atoms with Crippen LogP contribution in [-0.2, 0) is 14.3 Å². The van der Waals surface area contributed by atoms with Crippen LogP contribution in [0.1, 0.15) is 6.42 Å². The largest absolute Gasteiger partial charge is 0.550 e. The monoisotopic (exact) mass is 189 g/mol. The molecule has 13 heavy (non-hydrogen) atoms. The van der Waals surface area contributed by atoms with Crippen molar-refractivity contribution < 1.29 is 23.9 Å². The molecule has 0 aliphatic rings. The lowest BCUT2D eigenvalue weighted by atomic mass is 10.2.